The van der Waals surface area contributed by atoms with Gasteiger partial charge in [0.15, 0.2) is 5.82 Å². The summed E-state index contributed by atoms with van der Waals surface area (Å²) in [4.78, 5) is 10.5. The molecule has 5 heteroatoms. The Bertz CT molecular complexity index is 390. The molecule has 0 spiro atoms. The van der Waals surface area contributed by atoms with E-state index in [1.165, 1.54) is 12.8 Å². The quantitative estimate of drug-likeness (QED) is 0.878. The lowest BCUT2D eigenvalue weighted by molar-refractivity contribution is 0.568. The minimum atomic E-state index is 0.291. The largest absolute Gasteiger partial charge is 0.368 e. The second-order valence-corrected chi connectivity index (χ2v) is 5.41. The van der Waals surface area contributed by atoms with Crippen LogP contribution in [0.1, 0.15) is 33.1 Å². The van der Waals surface area contributed by atoms with E-state index in [4.69, 9.17) is 17.3 Å². The van der Waals surface area contributed by atoms with Gasteiger partial charge in [-0.05, 0) is 25.2 Å². The van der Waals surface area contributed by atoms with E-state index < -0.39 is 0 Å². The molecule has 0 saturated heterocycles. The van der Waals surface area contributed by atoms with Crippen LogP contribution in [0.25, 0.3) is 0 Å². The van der Waals surface area contributed by atoms with Gasteiger partial charge >= 0.3 is 0 Å². The summed E-state index contributed by atoms with van der Waals surface area (Å²) in [6.45, 7) is 5.43. The third-order valence-corrected chi connectivity index (χ3v) is 3.22. The number of halogens is 1. The van der Waals surface area contributed by atoms with Gasteiger partial charge in [0.2, 0.25) is 5.95 Å². The molecule has 0 unspecified atom stereocenters. The standard InChI is InChI=1S/C12H19ClN4/c1-8(2)5-6-17(9-3-4-9)11-10(13)7-15-12(14)16-11/h7-9H,3-6H2,1-2H3,(H2,14,15,16). The predicted octanol–water partition coefficient (Wildman–Crippen LogP) is 2.73. The molecule has 1 aromatic rings. The lowest BCUT2D eigenvalue weighted by atomic mass is 10.1. The van der Waals surface area contributed by atoms with Crippen LogP contribution in [0.3, 0.4) is 0 Å². The van der Waals surface area contributed by atoms with E-state index in [0.29, 0.717) is 22.9 Å². The van der Waals surface area contributed by atoms with E-state index >= 15 is 0 Å². The van der Waals surface area contributed by atoms with Gasteiger partial charge in [0.25, 0.3) is 0 Å². The van der Waals surface area contributed by atoms with Gasteiger partial charge in [0.05, 0.1) is 6.20 Å². The lowest BCUT2D eigenvalue weighted by Crippen LogP contribution is -2.29. The minimum absolute atomic E-state index is 0.291. The second kappa shape index (κ2) is 5.08. The number of nitrogen functional groups attached to an aromatic ring is 1. The first-order valence-electron chi connectivity index (χ1n) is 6.12. The van der Waals surface area contributed by atoms with Crippen LogP contribution in [-0.4, -0.2) is 22.6 Å². The number of anilines is 2. The van der Waals surface area contributed by atoms with Crippen molar-refractivity contribution in [3.8, 4) is 0 Å². The molecule has 2 rings (SSSR count). The van der Waals surface area contributed by atoms with Gasteiger partial charge in [-0.25, -0.2) is 4.98 Å². The van der Waals surface area contributed by atoms with Crippen molar-refractivity contribution < 1.29 is 0 Å². The van der Waals surface area contributed by atoms with Crippen LogP contribution < -0.4 is 10.6 Å². The maximum absolute atomic E-state index is 6.16. The molecule has 0 atom stereocenters. The molecular formula is C12H19ClN4. The van der Waals surface area contributed by atoms with Gasteiger partial charge in [0, 0.05) is 12.6 Å². The summed E-state index contributed by atoms with van der Waals surface area (Å²) in [5.41, 5.74) is 5.63. The first-order chi connectivity index (χ1) is 8.08. The molecule has 1 aliphatic carbocycles. The van der Waals surface area contributed by atoms with Crippen LogP contribution in [0.2, 0.25) is 5.02 Å². The summed E-state index contributed by atoms with van der Waals surface area (Å²) >= 11 is 6.16. The molecule has 17 heavy (non-hydrogen) atoms. The lowest BCUT2D eigenvalue weighted by Gasteiger charge is -2.25. The third-order valence-electron chi connectivity index (χ3n) is 2.95. The van der Waals surface area contributed by atoms with Crippen LogP contribution >= 0.6 is 11.6 Å². The fraction of sp³-hybridized carbons (Fsp3) is 0.667. The van der Waals surface area contributed by atoms with E-state index in [2.05, 4.69) is 28.7 Å². The number of nitrogens with two attached hydrogens (primary N) is 1. The third kappa shape index (κ3) is 3.22. The minimum Gasteiger partial charge on any atom is -0.368 e. The van der Waals surface area contributed by atoms with Crippen molar-refractivity contribution in [2.45, 2.75) is 39.2 Å². The Kier molecular flexibility index (Phi) is 3.72. The molecule has 0 bridgehead atoms. The van der Waals surface area contributed by atoms with Gasteiger partial charge in [-0.15, -0.1) is 0 Å². The SMILES string of the molecule is CC(C)CCN(c1nc(N)ncc1Cl)C1CC1. The Morgan fingerprint density at radius 2 is 2.24 bits per heavy atom. The Balaban J connectivity index is 2.16. The highest BCUT2D eigenvalue weighted by Crippen LogP contribution is 2.34. The smallest absolute Gasteiger partial charge is 0.222 e. The molecule has 1 saturated carbocycles. The Morgan fingerprint density at radius 3 is 2.82 bits per heavy atom. The normalized spacial score (nSPS) is 15.3. The van der Waals surface area contributed by atoms with E-state index in [9.17, 15) is 0 Å². The number of aromatic nitrogens is 2. The van der Waals surface area contributed by atoms with Crippen LogP contribution in [0, 0.1) is 5.92 Å². The van der Waals surface area contributed by atoms with Crippen molar-refractivity contribution in [2.75, 3.05) is 17.2 Å². The van der Waals surface area contributed by atoms with E-state index in [1.807, 2.05) is 0 Å². The number of rotatable bonds is 5. The fourth-order valence-electron chi connectivity index (χ4n) is 1.82. The van der Waals surface area contributed by atoms with Gasteiger partial charge in [-0.3, -0.25) is 0 Å². The van der Waals surface area contributed by atoms with Crippen molar-refractivity contribution in [2.24, 2.45) is 5.92 Å². The second-order valence-electron chi connectivity index (χ2n) is 5.01. The Hall–Kier alpha value is -1.03. The summed E-state index contributed by atoms with van der Waals surface area (Å²) in [5, 5.41) is 0.592. The highest BCUT2D eigenvalue weighted by atomic mass is 35.5. The zero-order chi connectivity index (χ0) is 12.4. The summed E-state index contributed by atoms with van der Waals surface area (Å²) in [7, 11) is 0. The monoisotopic (exact) mass is 254 g/mol. The highest BCUT2D eigenvalue weighted by molar-refractivity contribution is 6.32. The summed E-state index contributed by atoms with van der Waals surface area (Å²) < 4.78 is 0. The molecule has 0 amide bonds. The van der Waals surface area contributed by atoms with Crippen LogP contribution in [0.15, 0.2) is 6.20 Å². The first kappa shape index (κ1) is 12.4. The maximum Gasteiger partial charge on any atom is 0.222 e. The average molecular weight is 255 g/mol. The highest BCUT2D eigenvalue weighted by Gasteiger charge is 2.31. The van der Waals surface area contributed by atoms with Gasteiger partial charge in [0.1, 0.15) is 5.02 Å². The number of hydrogen-bond donors (Lipinski definition) is 1. The zero-order valence-corrected chi connectivity index (χ0v) is 11.1. The van der Waals surface area contributed by atoms with E-state index in [0.717, 1.165) is 18.8 Å². The van der Waals surface area contributed by atoms with Crippen LogP contribution in [0.5, 0.6) is 0 Å². The summed E-state index contributed by atoms with van der Waals surface area (Å²) in [6, 6.07) is 0.584. The summed E-state index contributed by atoms with van der Waals surface area (Å²) in [6.07, 6.45) is 5.16. The topological polar surface area (TPSA) is 55.0 Å². The van der Waals surface area contributed by atoms with Gasteiger partial charge < -0.3 is 10.6 Å². The number of nitrogens with zero attached hydrogens (tertiary/aromatic N) is 3. The molecule has 0 radical (unpaired) electrons. The molecule has 1 aliphatic rings. The van der Waals surface area contributed by atoms with Crippen molar-refractivity contribution in [1.29, 1.82) is 0 Å². The van der Waals surface area contributed by atoms with Gasteiger partial charge in [-0.1, -0.05) is 25.4 Å². The van der Waals surface area contributed by atoms with Crippen molar-refractivity contribution >= 4 is 23.4 Å². The van der Waals surface area contributed by atoms with Crippen molar-refractivity contribution in [3.05, 3.63) is 11.2 Å². The molecule has 1 aromatic heterocycles. The maximum atomic E-state index is 6.16. The number of hydrogen-bond acceptors (Lipinski definition) is 4. The molecular weight excluding hydrogens is 236 g/mol. The van der Waals surface area contributed by atoms with Crippen LogP contribution in [0.4, 0.5) is 11.8 Å². The van der Waals surface area contributed by atoms with E-state index in [-0.39, 0.29) is 0 Å². The average Bonchev–Trinajstić information content (AvgIpc) is 3.07. The molecule has 2 N–H and O–H groups in total. The molecule has 0 aliphatic heterocycles. The van der Waals surface area contributed by atoms with Crippen LogP contribution in [-0.2, 0) is 0 Å². The first-order valence-corrected chi connectivity index (χ1v) is 6.50. The van der Waals surface area contributed by atoms with Gasteiger partial charge in [-0.2, -0.15) is 4.98 Å². The fourth-order valence-corrected chi connectivity index (χ4v) is 2.02. The van der Waals surface area contributed by atoms with Crippen molar-refractivity contribution in [1.82, 2.24) is 9.97 Å². The molecule has 94 valence electrons. The van der Waals surface area contributed by atoms with Crippen molar-refractivity contribution in [3.63, 3.8) is 0 Å². The Morgan fingerprint density at radius 1 is 1.53 bits per heavy atom. The zero-order valence-electron chi connectivity index (χ0n) is 10.4. The molecule has 0 aromatic carbocycles. The summed E-state index contributed by atoms with van der Waals surface area (Å²) in [5.74, 6) is 1.76. The predicted molar refractivity (Wildman–Crippen MR) is 71.3 cm³/mol. The molecule has 4 nitrogen and oxygen atoms in total. The molecule has 1 fully saturated rings. The Labute approximate surface area is 107 Å². The van der Waals surface area contributed by atoms with E-state index in [1.54, 1.807) is 6.20 Å². The molecule has 1 heterocycles.